The Balaban J connectivity index is 1.94. The topological polar surface area (TPSA) is 38.3 Å². The molecule has 110 valence electrons. The summed E-state index contributed by atoms with van der Waals surface area (Å²) in [6, 6.07) is 8.98. The van der Waals surface area contributed by atoms with Gasteiger partial charge in [0.25, 0.3) is 0 Å². The van der Waals surface area contributed by atoms with Gasteiger partial charge in [-0.1, -0.05) is 32.0 Å². The van der Waals surface area contributed by atoms with Gasteiger partial charge in [0, 0.05) is 11.7 Å². The second-order valence-electron chi connectivity index (χ2n) is 5.96. The van der Waals surface area contributed by atoms with E-state index >= 15 is 0 Å². The first-order valence-corrected chi connectivity index (χ1v) is 7.55. The van der Waals surface area contributed by atoms with Gasteiger partial charge in [0.2, 0.25) is 0 Å². The number of carbonyl (C=O) groups is 1. The molecule has 0 bridgehead atoms. The number of nitrogens with one attached hydrogen (secondary N) is 1. The molecule has 0 aliphatic heterocycles. The number of methoxy groups -OCH3 is 1. The highest BCUT2D eigenvalue weighted by atomic mass is 16.5. The third kappa shape index (κ3) is 3.53. The molecule has 2 rings (SSSR count). The quantitative estimate of drug-likeness (QED) is 0.845. The fraction of sp³-hybridized carbons (Fsp3) is 0.588. The molecule has 20 heavy (non-hydrogen) atoms. The van der Waals surface area contributed by atoms with Crippen LogP contribution < -0.4 is 5.32 Å². The Labute approximate surface area is 121 Å². The molecule has 1 fully saturated rings. The van der Waals surface area contributed by atoms with Crippen molar-refractivity contribution in [3.8, 4) is 0 Å². The van der Waals surface area contributed by atoms with Crippen molar-refractivity contribution in [3.05, 3.63) is 29.8 Å². The molecule has 0 heterocycles. The van der Waals surface area contributed by atoms with Crippen LogP contribution in [0.4, 0.5) is 5.69 Å². The summed E-state index contributed by atoms with van der Waals surface area (Å²) in [4.78, 5) is 11.5. The molecule has 1 aliphatic carbocycles. The van der Waals surface area contributed by atoms with Gasteiger partial charge in [0.15, 0.2) is 0 Å². The second-order valence-corrected chi connectivity index (χ2v) is 5.96. The molecule has 1 N–H and O–H groups in total. The fourth-order valence-electron chi connectivity index (χ4n) is 2.99. The Hall–Kier alpha value is -1.51. The maximum atomic E-state index is 11.5. The molecule has 0 amide bonds. The lowest BCUT2D eigenvalue weighted by molar-refractivity contribution is -0.146. The average Bonchev–Trinajstić information content (AvgIpc) is 2.47. The molecule has 1 aromatic rings. The van der Waals surface area contributed by atoms with Gasteiger partial charge in [0.05, 0.1) is 13.0 Å². The van der Waals surface area contributed by atoms with Crippen LogP contribution in [0.3, 0.4) is 0 Å². The lowest BCUT2D eigenvalue weighted by Crippen LogP contribution is -2.30. The summed E-state index contributed by atoms with van der Waals surface area (Å²) >= 11 is 0. The van der Waals surface area contributed by atoms with Gasteiger partial charge in [-0.25, -0.2) is 0 Å². The van der Waals surface area contributed by atoms with Gasteiger partial charge < -0.3 is 10.1 Å². The maximum Gasteiger partial charge on any atom is 0.308 e. The molecule has 0 atom stereocenters. The number of esters is 1. The largest absolute Gasteiger partial charge is 0.469 e. The minimum Gasteiger partial charge on any atom is -0.469 e. The van der Waals surface area contributed by atoms with E-state index in [1.807, 2.05) is 0 Å². The maximum absolute atomic E-state index is 11.5. The minimum absolute atomic E-state index is 0.0500. The van der Waals surface area contributed by atoms with E-state index < -0.39 is 0 Å². The number of hydrogen-bond acceptors (Lipinski definition) is 3. The molecule has 1 aromatic carbocycles. The van der Waals surface area contributed by atoms with Crippen molar-refractivity contribution in [1.82, 2.24) is 0 Å². The van der Waals surface area contributed by atoms with Gasteiger partial charge in [-0.3, -0.25) is 4.79 Å². The highest BCUT2D eigenvalue weighted by molar-refractivity contribution is 5.72. The number of benzene rings is 1. The Bertz CT molecular complexity index is 448. The number of hydrogen-bond donors (Lipinski definition) is 1. The van der Waals surface area contributed by atoms with Crippen molar-refractivity contribution in [2.24, 2.45) is 5.92 Å². The molecular weight excluding hydrogens is 250 g/mol. The van der Waals surface area contributed by atoms with Gasteiger partial charge in [0.1, 0.15) is 0 Å². The average molecular weight is 275 g/mol. The van der Waals surface area contributed by atoms with Crippen LogP contribution >= 0.6 is 0 Å². The van der Waals surface area contributed by atoms with Crippen LogP contribution in [0.15, 0.2) is 24.3 Å². The van der Waals surface area contributed by atoms with Gasteiger partial charge >= 0.3 is 5.97 Å². The summed E-state index contributed by atoms with van der Waals surface area (Å²) in [6.45, 7) is 4.43. The van der Waals surface area contributed by atoms with Crippen LogP contribution in [-0.4, -0.2) is 19.1 Å². The van der Waals surface area contributed by atoms with Gasteiger partial charge in [-0.2, -0.15) is 0 Å². The molecular formula is C17H25NO2. The molecule has 1 aliphatic rings. The molecule has 0 saturated heterocycles. The van der Waals surface area contributed by atoms with Gasteiger partial charge in [-0.15, -0.1) is 0 Å². The highest BCUT2D eigenvalue weighted by Gasteiger charge is 2.27. The number of ether oxygens (including phenoxy) is 1. The van der Waals surface area contributed by atoms with Crippen molar-refractivity contribution < 1.29 is 9.53 Å². The van der Waals surface area contributed by atoms with Crippen LogP contribution in [0.1, 0.15) is 51.0 Å². The van der Waals surface area contributed by atoms with E-state index in [2.05, 4.69) is 43.4 Å². The van der Waals surface area contributed by atoms with Crippen LogP contribution in [-0.2, 0) is 9.53 Å². The molecule has 0 aromatic heterocycles. The van der Waals surface area contributed by atoms with Crippen molar-refractivity contribution in [3.63, 3.8) is 0 Å². The summed E-state index contributed by atoms with van der Waals surface area (Å²) in [7, 11) is 1.48. The fourth-order valence-corrected chi connectivity index (χ4v) is 2.99. The Kier molecular flexibility index (Phi) is 5.05. The van der Waals surface area contributed by atoms with Crippen LogP contribution in [0.25, 0.3) is 0 Å². The van der Waals surface area contributed by atoms with E-state index in [0.29, 0.717) is 12.0 Å². The summed E-state index contributed by atoms with van der Waals surface area (Å²) < 4.78 is 4.83. The first kappa shape index (κ1) is 14.9. The molecule has 3 heteroatoms. The normalized spacial score (nSPS) is 22.6. The lowest BCUT2D eigenvalue weighted by Gasteiger charge is -2.29. The zero-order valence-electron chi connectivity index (χ0n) is 12.7. The Morgan fingerprint density at radius 2 is 1.85 bits per heavy atom. The number of para-hydroxylation sites is 1. The van der Waals surface area contributed by atoms with Crippen LogP contribution in [0.2, 0.25) is 0 Å². The first-order valence-electron chi connectivity index (χ1n) is 7.55. The number of rotatable bonds is 4. The summed E-state index contributed by atoms with van der Waals surface area (Å²) in [6.07, 6.45) is 3.92. The predicted octanol–water partition coefficient (Wildman–Crippen LogP) is 3.95. The van der Waals surface area contributed by atoms with Crippen molar-refractivity contribution in [2.75, 3.05) is 12.4 Å². The zero-order valence-corrected chi connectivity index (χ0v) is 12.7. The first-order chi connectivity index (χ1) is 9.61. The van der Waals surface area contributed by atoms with E-state index in [1.165, 1.54) is 18.4 Å². The van der Waals surface area contributed by atoms with E-state index in [0.717, 1.165) is 25.7 Å². The summed E-state index contributed by atoms with van der Waals surface area (Å²) in [5.74, 6) is 0.564. The van der Waals surface area contributed by atoms with E-state index in [1.54, 1.807) is 0 Å². The molecule has 0 radical (unpaired) electrons. The zero-order chi connectivity index (χ0) is 14.5. The SMILES string of the molecule is COC(=O)[C@H]1CC[C@@H](Nc2ccccc2C(C)C)CC1. The Morgan fingerprint density at radius 1 is 1.20 bits per heavy atom. The van der Waals surface area contributed by atoms with Crippen LogP contribution in [0, 0.1) is 5.92 Å². The third-order valence-electron chi connectivity index (χ3n) is 4.20. The van der Waals surface area contributed by atoms with E-state index in [4.69, 9.17) is 4.74 Å². The molecule has 0 unspecified atom stereocenters. The molecule has 3 nitrogen and oxygen atoms in total. The number of carbonyl (C=O) groups excluding carboxylic acids is 1. The molecule has 0 spiro atoms. The second kappa shape index (κ2) is 6.78. The third-order valence-corrected chi connectivity index (χ3v) is 4.20. The van der Waals surface area contributed by atoms with Gasteiger partial charge in [-0.05, 0) is 43.2 Å². The molecule has 1 saturated carbocycles. The van der Waals surface area contributed by atoms with Crippen molar-refractivity contribution in [1.29, 1.82) is 0 Å². The number of anilines is 1. The standard InChI is InChI=1S/C17H25NO2/c1-12(2)15-6-4-5-7-16(15)18-14-10-8-13(9-11-14)17(19)20-3/h4-7,12-14,18H,8-11H2,1-3H3/t13-,14+. The van der Waals surface area contributed by atoms with Crippen LogP contribution in [0.5, 0.6) is 0 Å². The summed E-state index contributed by atoms with van der Waals surface area (Å²) in [5, 5.41) is 3.66. The smallest absolute Gasteiger partial charge is 0.308 e. The lowest BCUT2D eigenvalue weighted by atomic mass is 9.85. The van der Waals surface area contributed by atoms with E-state index in [-0.39, 0.29) is 11.9 Å². The van der Waals surface area contributed by atoms with Crippen molar-refractivity contribution >= 4 is 11.7 Å². The minimum atomic E-state index is -0.0500. The van der Waals surface area contributed by atoms with Crippen molar-refractivity contribution in [2.45, 2.75) is 51.5 Å². The Morgan fingerprint density at radius 3 is 2.45 bits per heavy atom. The monoisotopic (exact) mass is 275 g/mol. The highest BCUT2D eigenvalue weighted by Crippen LogP contribution is 2.30. The van der Waals surface area contributed by atoms with E-state index in [9.17, 15) is 4.79 Å². The predicted molar refractivity (Wildman–Crippen MR) is 81.9 cm³/mol. The summed E-state index contributed by atoms with van der Waals surface area (Å²) in [5.41, 5.74) is 2.60.